The predicted molar refractivity (Wildman–Crippen MR) is 91.5 cm³/mol. The van der Waals surface area contributed by atoms with Gasteiger partial charge >= 0.3 is 12.0 Å². The highest BCUT2D eigenvalue weighted by Crippen LogP contribution is 2.34. The van der Waals surface area contributed by atoms with Crippen LogP contribution in [0.3, 0.4) is 0 Å². The second-order valence-corrected chi connectivity index (χ2v) is 7.26. The first-order valence-corrected chi connectivity index (χ1v) is 9.00. The average Bonchev–Trinajstić information content (AvgIpc) is 2.51. The third kappa shape index (κ3) is 4.16. The molecule has 0 radical (unpaired) electrons. The Labute approximate surface area is 142 Å². The third-order valence-corrected chi connectivity index (χ3v) is 5.17. The minimum atomic E-state index is -0.833. The van der Waals surface area contributed by atoms with E-state index in [0.29, 0.717) is 13.0 Å². The summed E-state index contributed by atoms with van der Waals surface area (Å²) in [4.78, 5) is 26.1. The maximum absolute atomic E-state index is 12.4. The Hall–Kier alpha value is -1.21. The molecule has 2 N–H and O–H groups in total. The molecule has 1 aliphatic rings. The fourth-order valence-electron chi connectivity index (χ4n) is 2.45. The molecule has 1 fully saturated rings. The van der Waals surface area contributed by atoms with Crippen molar-refractivity contribution >= 4 is 45.4 Å². The average molecular weight is 387 g/mol. The maximum Gasteiger partial charge on any atom is 0.321 e. The molecular formula is C15H19BrN2O3S. The standard InChI is InChI=1S/C15H19BrN2O3S/c1-2-22-12-7-3-6-11(16)13(12)17-15(21)18-8-4-5-10(9-18)14(19)20/h3,6-7,10H,2,4-5,8-9H2,1H3,(H,17,21)(H,19,20). The normalized spacial score (nSPS) is 18.1. The van der Waals surface area contributed by atoms with Crippen molar-refractivity contribution in [3.05, 3.63) is 22.7 Å². The number of hydrogen-bond donors (Lipinski definition) is 2. The number of aliphatic carboxylic acids is 1. The van der Waals surface area contributed by atoms with Crippen LogP contribution in [0.25, 0.3) is 0 Å². The van der Waals surface area contributed by atoms with E-state index >= 15 is 0 Å². The number of urea groups is 1. The van der Waals surface area contributed by atoms with Gasteiger partial charge in [0.2, 0.25) is 0 Å². The van der Waals surface area contributed by atoms with Gasteiger partial charge in [0, 0.05) is 22.5 Å². The number of nitrogens with one attached hydrogen (secondary N) is 1. The van der Waals surface area contributed by atoms with E-state index in [1.165, 1.54) is 0 Å². The maximum atomic E-state index is 12.4. The Morgan fingerprint density at radius 3 is 2.95 bits per heavy atom. The number of piperidine rings is 1. The first kappa shape index (κ1) is 17.1. The van der Waals surface area contributed by atoms with Crippen LogP contribution in [-0.4, -0.2) is 40.8 Å². The fourth-order valence-corrected chi connectivity index (χ4v) is 3.84. The summed E-state index contributed by atoms with van der Waals surface area (Å²) in [6, 6.07) is 5.53. The lowest BCUT2D eigenvalue weighted by molar-refractivity contribution is -0.143. The van der Waals surface area contributed by atoms with E-state index in [-0.39, 0.29) is 12.6 Å². The highest BCUT2D eigenvalue weighted by atomic mass is 79.9. The molecule has 22 heavy (non-hydrogen) atoms. The zero-order chi connectivity index (χ0) is 16.1. The zero-order valence-corrected chi connectivity index (χ0v) is 14.7. The van der Waals surface area contributed by atoms with E-state index < -0.39 is 11.9 Å². The van der Waals surface area contributed by atoms with Crippen LogP contribution in [0.5, 0.6) is 0 Å². The molecule has 0 saturated carbocycles. The van der Waals surface area contributed by atoms with Gasteiger partial charge in [-0.05, 0) is 46.7 Å². The number of carboxylic acids is 1. The number of nitrogens with zero attached hydrogens (tertiary/aromatic N) is 1. The number of benzene rings is 1. The van der Waals surface area contributed by atoms with Crippen LogP contribution >= 0.6 is 27.7 Å². The van der Waals surface area contributed by atoms with Crippen molar-refractivity contribution in [1.29, 1.82) is 0 Å². The Kier molecular flexibility index (Phi) is 6.14. The first-order valence-electron chi connectivity index (χ1n) is 7.23. The Morgan fingerprint density at radius 1 is 1.50 bits per heavy atom. The van der Waals surface area contributed by atoms with Crippen molar-refractivity contribution < 1.29 is 14.7 Å². The molecule has 120 valence electrons. The Balaban J connectivity index is 2.10. The molecule has 7 heteroatoms. The smallest absolute Gasteiger partial charge is 0.321 e. The molecule has 1 aromatic rings. The highest BCUT2D eigenvalue weighted by molar-refractivity contribution is 9.10. The van der Waals surface area contributed by atoms with Gasteiger partial charge in [-0.3, -0.25) is 4.79 Å². The molecule has 0 spiro atoms. The van der Waals surface area contributed by atoms with E-state index in [9.17, 15) is 9.59 Å². The summed E-state index contributed by atoms with van der Waals surface area (Å²) in [5, 5.41) is 12.0. The number of rotatable bonds is 4. The molecule has 1 unspecified atom stereocenters. The van der Waals surface area contributed by atoms with Crippen LogP contribution in [0.1, 0.15) is 19.8 Å². The SMILES string of the molecule is CCSc1cccc(Br)c1NC(=O)N1CCCC(C(=O)O)C1. The van der Waals surface area contributed by atoms with Gasteiger partial charge < -0.3 is 15.3 Å². The lowest BCUT2D eigenvalue weighted by atomic mass is 9.99. The van der Waals surface area contributed by atoms with Crippen molar-refractivity contribution in [1.82, 2.24) is 4.90 Å². The van der Waals surface area contributed by atoms with Crippen molar-refractivity contribution in [3.8, 4) is 0 Å². The molecule has 0 aromatic heterocycles. The second-order valence-electron chi connectivity index (χ2n) is 5.10. The van der Waals surface area contributed by atoms with E-state index in [1.807, 2.05) is 18.2 Å². The van der Waals surface area contributed by atoms with E-state index in [1.54, 1.807) is 16.7 Å². The molecule has 2 amide bonds. The number of hydrogen-bond acceptors (Lipinski definition) is 3. The number of halogens is 1. The molecule has 0 bridgehead atoms. The predicted octanol–water partition coefficient (Wildman–Crippen LogP) is 3.89. The van der Waals surface area contributed by atoms with E-state index in [2.05, 4.69) is 28.2 Å². The third-order valence-electron chi connectivity index (χ3n) is 3.56. The van der Waals surface area contributed by atoms with Crippen molar-refractivity contribution in [3.63, 3.8) is 0 Å². The van der Waals surface area contributed by atoms with Crippen molar-refractivity contribution in [2.24, 2.45) is 5.92 Å². The van der Waals surface area contributed by atoms with Crippen molar-refractivity contribution in [2.75, 3.05) is 24.2 Å². The van der Waals surface area contributed by atoms with Crippen LogP contribution in [-0.2, 0) is 4.79 Å². The van der Waals surface area contributed by atoms with Gasteiger partial charge in [0.1, 0.15) is 0 Å². The summed E-state index contributed by atoms with van der Waals surface area (Å²) in [6.45, 7) is 2.91. The second kappa shape index (κ2) is 7.87. The summed E-state index contributed by atoms with van der Waals surface area (Å²) in [7, 11) is 0. The summed E-state index contributed by atoms with van der Waals surface area (Å²) in [6.07, 6.45) is 1.35. The molecule has 1 aromatic carbocycles. The number of amides is 2. The molecule has 5 nitrogen and oxygen atoms in total. The lowest BCUT2D eigenvalue weighted by Crippen LogP contribution is -2.44. The van der Waals surface area contributed by atoms with E-state index in [4.69, 9.17) is 5.11 Å². The molecule has 1 heterocycles. The number of carbonyl (C=O) groups excluding carboxylic acids is 1. The number of para-hydroxylation sites is 1. The van der Waals surface area contributed by atoms with Crippen LogP contribution in [0.15, 0.2) is 27.6 Å². The zero-order valence-electron chi connectivity index (χ0n) is 12.3. The number of thioether (sulfide) groups is 1. The molecule has 2 rings (SSSR count). The van der Waals surface area contributed by atoms with Crippen LogP contribution in [0, 0.1) is 5.92 Å². The summed E-state index contributed by atoms with van der Waals surface area (Å²) in [5.41, 5.74) is 0.747. The minimum Gasteiger partial charge on any atom is -0.481 e. The van der Waals surface area contributed by atoms with Gasteiger partial charge in [0.05, 0.1) is 11.6 Å². The Morgan fingerprint density at radius 2 is 2.27 bits per heavy atom. The monoisotopic (exact) mass is 386 g/mol. The minimum absolute atomic E-state index is 0.240. The molecule has 1 atom stereocenters. The number of carboxylic acid groups (broad SMARTS) is 1. The number of likely N-dealkylation sites (tertiary alicyclic amines) is 1. The quantitative estimate of drug-likeness (QED) is 0.770. The van der Waals surface area contributed by atoms with Crippen LogP contribution < -0.4 is 5.32 Å². The topological polar surface area (TPSA) is 69.6 Å². The number of anilines is 1. The summed E-state index contributed by atoms with van der Waals surface area (Å²) < 4.78 is 0.825. The molecular weight excluding hydrogens is 368 g/mol. The van der Waals surface area contributed by atoms with Gasteiger partial charge in [0.25, 0.3) is 0 Å². The van der Waals surface area contributed by atoms with Gasteiger partial charge in [-0.2, -0.15) is 0 Å². The van der Waals surface area contributed by atoms with Gasteiger partial charge in [-0.1, -0.05) is 13.0 Å². The largest absolute Gasteiger partial charge is 0.481 e. The van der Waals surface area contributed by atoms with Gasteiger partial charge in [0.15, 0.2) is 0 Å². The first-order chi connectivity index (χ1) is 10.5. The van der Waals surface area contributed by atoms with Crippen LogP contribution in [0.2, 0.25) is 0 Å². The number of carbonyl (C=O) groups is 2. The van der Waals surface area contributed by atoms with Gasteiger partial charge in [-0.25, -0.2) is 4.79 Å². The van der Waals surface area contributed by atoms with Crippen LogP contribution in [0.4, 0.5) is 10.5 Å². The fraction of sp³-hybridized carbons (Fsp3) is 0.467. The Bertz CT molecular complexity index is 568. The summed E-state index contributed by atoms with van der Waals surface area (Å²) in [5.74, 6) is -0.395. The molecule has 1 aliphatic heterocycles. The van der Waals surface area contributed by atoms with Crippen molar-refractivity contribution in [2.45, 2.75) is 24.7 Å². The molecule has 0 aliphatic carbocycles. The lowest BCUT2D eigenvalue weighted by Gasteiger charge is -2.31. The van der Waals surface area contributed by atoms with Gasteiger partial charge in [-0.15, -0.1) is 11.8 Å². The summed E-state index contributed by atoms with van der Waals surface area (Å²) >= 11 is 5.12. The molecule has 1 saturated heterocycles. The van der Waals surface area contributed by atoms with E-state index in [0.717, 1.165) is 27.2 Å². The highest BCUT2D eigenvalue weighted by Gasteiger charge is 2.28.